The molecular weight excluding hydrogens is 334 g/mol. The third-order valence-corrected chi connectivity index (χ3v) is 4.41. The third kappa shape index (κ3) is 4.60. The van der Waals surface area contributed by atoms with Gasteiger partial charge in [0.2, 0.25) is 5.13 Å². The number of aromatic nitrogens is 3. The predicted octanol–water partition coefficient (Wildman–Crippen LogP) is 3.46. The minimum absolute atomic E-state index is 0.244. The summed E-state index contributed by atoms with van der Waals surface area (Å²) in [4.78, 5) is 16.3. The molecule has 0 aliphatic rings. The molecule has 1 aromatic carbocycles. The van der Waals surface area contributed by atoms with Crippen molar-refractivity contribution in [3.05, 3.63) is 64.3 Å². The van der Waals surface area contributed by atoms with Gasteiger partial charge in [-0.05, 0) is 43.5 Å². The van der Waals surface area contributed by atoms with Crippen molar-refractivity contribution >= 4 is 28.2 Å². The van der Waals surface area contributed by atoms with Crippen LogP contribution in [-0.4, -0.2) is 27.6 Å². The summed E-state index contributed by atoms with van der Waals surface area (Å²) in [6, 6.07) is 10.0. The summed E-state index contributed by atoms with van der Waals surface area (Å²) in [5.41, 5.74) is 5.95. The van der Waals surface area contributed by atoms with Crippen LogP contribution in [0.25, 0.3) is 0 Å². The first kappa shape index (κ1) is 17.0. The number of nitrogens with zero attached hydrogens (tertiary/aromatic N) is 3. The normalized spacial score (nSPS) is 10.5. The number of aryl methyl sites for hydroxylation is 2. The zero-order valence-corrected chi connectivity index (χ0v) is 14.9. The molecule has 0 fully saturated rings. The van der Waals surface area contributed by atoms with Crippen LogP contribution in [0.4, 0.5) is 10.9 Å². The van der Waals surface area contributed by atoms with Gasteiger partial charge in [0, 0.05) is 12.7 Å². The molecule has 0 aliphatic heterocycles. The van der Waals surface area contributed by atoms with Crippen LogP contribution < -0.4 is 10.6 Å². The average Bonchev–Trinajstić information content (AvgIpc) is 3.10. The van der Waals surface area contributed by atoms with Crippen LogP contribution in [0.15, 0.2) is 42.0 Å². The SMILES string of the molecule is Cc1ccc(CCNc2ccc(C(=O)Nc3nncs3)cn2)c(C)c1. The Morgan fingerprint density at radius 2 is 2.08 bits per heavy atom. The van der Waals surface area contributed by atoms with Crippen LogP contribution in [0, 0.1) is 13.8 Å². The maximum Gasteiger partial charge on any atom is 0.259 e. The van der Waals surface area contributed by atoms with Crippen molar-refractivity contribution in [3.8, 4) is 0 Å². The van der Waals surface area contributed by atoms with E-state index in [4.69, 9.17) is 0 Å². The van der Waals surface area contributed by atoms with E-state index < -0.39 is 0 Å². The molecule has 0 spiro atoms. The van der Waals surface area contributed by atoms with Crippen LogP contribution in [0.1, 0.15) is 27.0 Å². The van der Waals surface area contributed by atoms with E-state index in [0.29, 0.717) is 10.7 Å². The van der Waals surface area contributed by atoms with E-state index in [9.17, 15) is 4.79 Å². The Balaban J connectivity index is 1.53. The molecule has 2 aromatic heterocycles. The molecule has 0 unspecified atom stereocenters. The number of nitrogens with one attached hydrogen (secondary N) is 2. The van der Waals surface area contributed by atoms with Crippen LogP contribution in [-0.2, 0) is 6.42 Å². The van der Waals surface area contributed by atoms with E-state index >= 15 is 0 Å². The summed E-state index contributed by atoms with van der Waals surface area (Å²) in [5.74, 6) is 0.503. The maximum atomic E-state index is 12.1. The van der Waals surface area contributed by atoms with Crippen LogP contribution in [0.5, 0.6) is 0 Å². The molecule has 0 saturated heterocycles. The van der Waals surface area contributed by atoms with Crippen LogP contribution >= 0.6 is 11.3 Å². The summed E-state index contributed by atoms with van der Waals surface area (Å²) < 4.78 is 0. The average molecular weight is 353 g/mol. The van der Waals surface area contributed by atoms with E-state index in [-0.39, 0.29) is 5.91 Å². The Bertz CT molecular complexity index is 846. The standard InChI is InChI=1S/C18H19N5OS/c1-12-3-4-14(13(2)9-12)7-8-19-16-6-5-15(10-20-16)17(24)22-18-23-21-11-25-18/h3-6,9-11H,7-8H2,1-2H3,(H,19,20)(H,22,23,24). The number of rotatable bonds is 6. The Morgan fingerprint density at radius 1 is 1.20 bits per heavy atom. The molecule has 25 heavy (non-hydrogen) atoms. The van der Waals surface area contributed by atoms with Gasteiger partial charge in [0.25, 0.3) is 5.91 Å². The summed E-state index contributed by atoms with van der Waals surface area (Å²) in [5, 5.41) is 13.9. The first-order chi connectivity index (χ1) is 12.1. The van der Waals surface area contributed by atoms with Crippen LogP contribution in [0.2, 0.25) is 0 Å². The highest BCUT2D eigenvalue weighted by Crippen LogP contribution is 2.13. The van der Waals surface area contributed by atoms with E-state index in [0.717, 1.165) is 18.8 Å². The molecule has 0 saturated carbocycles. The lowest BCUT2D eigenvalue weighted by molar-refractivity contribution is 0.102. The number of hydrogen-bond donors (Lipinski definition) is 2. The molecule has 128 valence electrons. The molecule has 0 aliphatic carbocycles. The quantitative estimate of drug-likeness (QED) is 0.709. The Hall–Kier alpha value is -2.80. The molecule has 2 heterocycles. The third-order valence-electron chi connectivity index (χ3n) is 3.80. The maximum absolute atomic E-state index is 12.1. The minimum atomic E-state index is -0.244. The number of carbonyl (C=O) groups is 1. The zero-order valence-electron chi connectivity index (χ0n) is 14.1. The second kappa shape index (κ2) is 7.85. The number of pyridine rings is 1. The summed E-state index contributed by atoms with van der Waals surface area (Å²) >= 11 is 1.27. The highest BCUT2D eigenvalue weighted by molar-refractivity contribution is 7.13. The molecule has 1 amide bonds. The fraction of sp³-hybridized carbons (Fsp3) is 0.222. The monoisotopic (exact) mass is 353 g/mol. The van der Waals surface area contributed by atoms with E-state index in [1.165, 1.54) is 28.0 Å². The van der Waals surface area contributed by atoms with Crippen LogP contribution in [0.3, 0.4) is 0 Å². The molecule has 7 heteroatoms. The number of hydrogen-bond acceptors (Lipinski definition) is 6. The molecule has 6 nitrogen and oxygen atoms in total. The van der Waals surface area contributed by atoms with Gasteiger partial charge in [0.05, 0.1) is 5.56 Å². The van der Waals surface area contributed by atoms with Gasteiger partial charge in [-0.25, -0.2) is 4.98 Å². The Labute approximate surface area is 150 Å². The lowest BCUT2D eigenvalue weighted by atomic mass is 10.0. The Kier molecular flexibility index (Phi) is 5.35. The lowest BCUT2D eigenvalue weighted by Crippen LogP contribution is -2.13. The number of amides is 1. The largest absolute Gasteiger partial charge is 0.370 e. The van der Waals surface area contributed by atoms with Crippen molar-refractivity contribution < 1.29 is 4.79 Å². The summed E-state index contributed by atoms with van der Waals surface area (Å²) in [7, 11) is 0. The van der Waals surface area contributed by atoms with E-state index in [1.807, 2.05) is 0 Å². The van der Waals surface area contributed by atoms with Crippen molar-refractivity contribution in [2.75, 3.05) is 17.2 Å². The number of benzene rings is 1. The van der Waals surface area contributed by atoms with Gasteiger partial charge in [0.1, 0.15) is 11.3 Å². The zero-order chi connectivity index (χ0) is 17.6. The molecule has 2 N–H and O–H groups in total. The van der Waals surface area contributed by atoms with Gasteiger partial charge in [-0.2, -0.15) is 0 Å². The van der Waals surface area contributed by atoms with Crippen molar-refractivity contribution in [2.24, 2.45) is 0 Å². The van der Waals surface area contributed by atoms with E-state index in [1.54, 1.807) is 23.8 Å². The molecular formula is C18H19N5OS. The second-order valence-electron chi connectivity index (χ2n) is 5.74. The van der Waals surface area contributed by atoms with Gasteiger partial charge < -0.3 is 5.32 Å². The smallest absolute Gasteiger partial charge is 0.259 e. The van der Waals surface area contributed by atoms with E-state index in [2.05, 4.69) is 57.9 Å². The van der Waals surface area contributed by atoms with Crippen molar-refractivity contribution in [1.82, 2.24) is 15.2 Å². The van der Waals surface area contributed by atoms with Gasteiger partial charge in [-0.3, -0.25) is 10.1 Å². The summed E-state index contributed by atoms with van der Waals surface area (Å²) in [6.45, 7) is 5.01. The minimum Gasteiger partial charge on any atom is -0.370 e. The molecule has 3 rings (SSSR count). The topological polar surface area (TPSA) is 79.8 Å². The summed E-state index contributed by atoms with van der Waals surface area (Å²) in [6.07, 6.45) is 2.48. The van der Waals surface area contributed by atoms with Crippen molar-refractivity contribution in [1.29, 1.82) is 0 Å². The molecule has 3 aromatic rings. The van der Waals surface area contributed by atoms with Gasteiger partial charge in [-0.1, -0.05) is 35.1 Å². The number of anilines is 2. The molecule has 0 atom stereocenters. The molecule has 0 radical (unpaired) electrons. The first-order valence-corrected chi connectivity index (χ1v) is 8.83. The number of carbonyl (C=O) groups excluding carboxylic acids is 1. The lowest BCUT2D eigenvalue weighted by Gasteiger charge is -2.09. The fourth-order valence-electron chi connectivity index (χ4n) is 2.48. The van der Waals surface area contributed by atoms with Crippen molar-refractivity contribution in [3.63, 3.8) is 0 Å². The highest BCUT2D eigenvalue weighted by atomic mass is 32.1. The first-order valence-electron chi connectivity index (χ1n) is 7.95. The highest BCUT2D eigenvalue weighted by Gasteiger charge is 2.08. The predicted molar refractivity (Wildman–Crippen MR) is 100 cm³/mol. The second-order valence-corrected chi connectivity index (χ2v) is 6.57. The van der Waals surface area contributed by atoms with Gasteiger partial charge in [0.15, 0.2) is 0 Å². The van der Waals surface area contributed by atoms with Gasteiger partial charge >= 0.3 is 0 Å². The van der Waals surface area contributed by atoms with Gasteiger partial charge in [-0.15, -0.1) is 10.2 Å². The Morgan fingerprint density at radius 3 is 2.76 bits per heavy atom. The molecule has 0 bridgehead atoms. The van der Waals surface area contributed by atoms with Crippen molar-refractivity contribution in [2.45, 2.75) is 20.3 Å². The fourth-order valence-corrected chi connectivity index (χ4v) is 2.92.